The molecule has 0 heterocycles. The van der Waals surface area contributed by atoms with Crippen molar-refractivity contribution in [3.63, 3.8) is 0 Å². The predicted molar refractivity (Wildman–Crippen MR) is 186 cm³/mol. The van der Waals surface area contributed by atoms with Crippen LogP contribution >= 0.6 is 0 Å². The first-order valence-electron chi connectivity index (χ1n) is 13.3. The zero-order valence-electron chi connectivity index (χ0n) is 26.9. The first-order chi connectivity index (χ1) is 17.4. The quantitative estimate of drug-likeness (QED) is 0.160. The summed E-state index contributed by atoms with van der Waals surface area (Å²) in [7, 11) is 0. The molecule has 0 aliphatic carbocycles. The summed E-state index contributed by atoms with van der Waals surface area (Å²) in [5.74, 6) is 0. The topological polar surface area (TPSA) is 0 Å². The third-order valence-electron chi connectivity index (χ3n) is 2.88. The van der Waals surface area contributed by atoms with Gasteiger partial charge in [0.05, 0.1) is 0 Å². The van der Waals surface area contributed by atoms with Crippen LogP contribution < -0.4 is 0 Å². The van der Waals surface area contributed by atoms with Gasteiger partial charge in [-0.25, -0.2) is 0 Å². The molecule has 4 aromatic rings. The molecule has 0 bridgehead atoms. The van der Waals surface area contributed by atoms with Gasteiger partial charge in [0.1, 0.15) is 0 Å². The average molecular weight is 701 g/mol. The normalized spacial score (nSPS) is 5.88. The second-order valence-electron chi connectivity index (χ2n) is 5.04. The van der Waals surface area contributed by atoms with E-state index in [0.29, 0.717) is 0 Å². The SMILES string of the molecule is C.C.CC.CC.CC.CC.CC.Cc1ccccc1.[CH3-].[Y].[Y].[c-]1ccccc1.c1ccccc1.c1ccccc1. The minimum Gasteiger partial charge on any atom is -0.358 e. The Balaban J connectivity index is -0.0000000327. The van der Waals surface area contributed by atoms with E-state index in [1.807, 2.05) is 191 Å². The van der Waals surface area contributed by atoms with Gasteiger partial charge in [-0.15, -0.1) is 0 Å². The summed E-state index contributed by atoms with van der Waals surface area (Å²) >= 11 is 0. The van der Waals surface area contributed by atoms with Crippen molar-refractivity contribution in [3.05, 3.63) is 153 Å². The van der Waals surface area contributed by atoms with E-state index in [1.54, 1.807) is 0 Å². The van der Waals surface area contributed by atoms with Gasteiger partial charge in [0, 0.05) is 65.4 Å². The van der Waals surface area contributed by atoms with Crippen LogP contribution in [0.4, 0.5) is 0 Å². The molecule has 226 valence electrons. The summed E-state index contributed by atoms with van der Waals surface area (Å²) in [4.78, 5) is 0. The Kier molecular flexibility index (Phi) is 139. The van der Waals surface area contributed by atoms with E-state index in [9.17, 15) is 0 Å². The molecule has 0 saturated heterocycles. The molecule has 0 aliphatic rings. The molecule has 40 heavy (non-hydrogen) atoms. The van der Waals surface area contributed by atoms with Crippen molar-refractivity contribution in [1.29, 1.82) is 0 Å². The largest absolute Gasteiger partial charge is 0.358 e. The van der Waals surface area contributed by atoms with E-state index in [-0.39, 0.29) is 87.7 Å². The van der Waals surface area contributed by atoms with Gasteiger partial charge in [0.25, 0.3) is 0 Å². The van der Waals surface area contributed by atoms with Crippen molar-refractivity contribution in [2.75, 3.05) is 0 Å². The van der Waals surface area contributed by atoms with Crippen molar-refractivity contribution in [2.45, 2.75) is 91.0 Å². The van der Waals surface area contributed by atoms with E-state index >= 15 is 0 Å². The molecule has 4 rings (SSSR count). The minimum absolute atomic E-state index is 0. The molecule has 0 N–H and O–H groups in total. The number of aryl methyl sites for hydroxylation is 1. The summed E-state index contributed by atoms with van der Waals surface area (Å²) in [6.07, 6.45) is 0. The third kappa shape index (κ3) is 76.7. The zero-order chi connectivity index (χ0) is 27.8. The van der Waals surface area contributed by atoms with Crippen LogP contribution in [0.2, 0.25) is 0 Å². The molecule has 0 aromatic heterocycles. The maximum absolute atomic E-state index is 2.89. The van der Waals surface area contributed by atoms with Crippen molar-refractivity contribution >= 4 is 0 Å². The molecule has 0 aliphatic heterocycles. The third-order valence-corrected chi connectivity index (χ3v) is 2.88. The van der Waals surface area contributed by atoms with Crippen LogP contribution in [0.15, 0.2) is 133 Å². The maximum Gasteiger partial charge on any atom is 0 e. The summed E-state index contributed by atoms with van der Waals surface area (Å²) < 4.78 is 0. The second kappa shape index (κ2) is 83.2. The van der Waals surface area contributed by atoms with Crippen LogP contribution in [0.25, 0.3) is 0 Å². The van der Waals surface area contributed by atoms with Gasteiger partial charge in [-0.05, 0) is 6.92 Å². The fourth-order valence-corrected chi connectivity index (χ4v) is 1.65. The van der Waals surface area contributed by atoms with Gasteiger partial charge < -0.3 is 7.43 Å². The van der Waals surface area contributed by atoms with Crippen molar-refractivity contribution < 1.29 is 65.4 Å². The average Bonchev–Trinajstić information content (AvgIpc) is 3.02. The molecule has 0 amide bonds. The van der Waals surface area contributed by atoms with Crippen molar-refractivity contribution in [3.8, 4) is 0 Å². The Morgan fingerprint density at radius 3 is 0.625 bits per heavy atom. The van der Waals surface area contributed by atoms with E-state index in [0.717, 1.165) is 0 Å². The Bertz CT molecular complexity index is 546. The van der Waals surface area contributed by atoms with Crippen molar-refractivity contribution in [2.24, 2.45) is 0 Å². The van der Waals surface area contributed by atoms with Crippen LogP contribution in [0.1, 0.15) is 89.7 Å². The van der Waals surface area contributed by atoms with Gasteiger partial charge in [-0.3, -0.25) is 0 Å². The van der Waals surface area contributed by atoms with Gasteiger partial charge in [-0.1, -0.05) is 193 Å². The van der Waals surface area contributed by atoms with E-state index in [4.69, 9.17) is 0 Å². The molecule has 0 saturated carbocycles. The molecule has 0 atom stereocenters. The number of hydrogen-bond acceptors (Lipinski definition) is 0. The molecule has 0 unspecified atom stereocenters. The number of hydrogen-bond donors (Lipinski definition) is 0. The Labute approximate surface area is 306 Å². The van der Waals surface area contributed by atoms with Gasteiger partial charge in [-0.2, -0.15) is 36.4 Å². The van der Waals surface area contributed by atoms with Crippen LogP contribution in [0, 0.1) is 20.4 Å². The van der Waals surface area contributed by atoms with Crippen molar-refractivity contribution in [1.82, 2.24) is 0 Å². The number of benzene rings is 4. The van der Waals surface area contributed by atoms with Gasteiger partial charge >= 0.3 is 0 Å². The maximum atomic E-state index is 2.89. The Morgan fingerprint density at radius 2 is 0.525 bits per heavy atom. The zero-order valence-corrected chi connectivity index (χ0v) is 32.5. The summed E-state index contributed by atoms with van der Waals surface area (Å²) in [5.41, 5.74) is 1.32. The predicted octanol–water partition coefficient (Wildman–Crippen LogP) is 13.7. The molecule has 0 spiro atoms. The summed E-state index contributed by atoms with van der Waals surface area (Å²) in [5, 5.41) is 0. The van der Waals surface area contributed by atoms with E-state index in [2.05, 4.69) is 25.1 Å². The molecule has 4 aromatic carbocycles. The van der Waals surface area contributed by atoms with Gasteiger partial charge in [0.15, 0.2) is 0 Å². The fourth-order valence-electron chi connectivity index (χ4n) is 1.65. The van der Waals surface area contributed by atoms with Crippen LogP contribution in [-0.2, 0) is 65.4 Å². The first-order valence-corrected chi connectivity index (χ1v) is 13.3. The second-order valence-corrected chi connectivity index (χ2v) is 5.04. The minimum atomic E-state index is 0. The van der Waals surface area contributed by atoms with Crippen LogP contribution in [-0.4, -0.2) is 0 Å². The standard InChI is InChI=1S/C7H8.2C6H6.C6H5.5C2H6.2CH4.CH3.2Y/c1-7-5-3-2-4-6-7;3*1-2-4-6-5-3-1;5*1-2;;;;;/h2-6H,1H3;2*1-6H;1-5H;5*1-2H3;2*1H4;1H3;;/q;;;-1;;;;;;;;-1;;. The summed E-state index contributed by atoms with van der Waals surface area (Å²) in [6, 6.07) is 46.8. The molecular weight excluding hydrogens is 634 g/mol. The molecule has 2 heteroatoms. The first kappa shape index (κ1) is 67.0. The molecule has 0 fully saturated rings. The Hall–Kier alpha value is -0.912. The number of rotatable bonds is 0. The molecular formula is C38H66Y2-2. The summed E-state index contributed by atoms with van der Waals surface area (Å²) in [6.45, 7) is 22.1. The monoisotopic (exact) mass is 700 g/mol. The van der Waals surface area contributed by atoms with E-state index < -0.39 is 0 Å². The van der Waals surface area contributed by atoms with Crippen LogP contribution in [0.3, 0.4) is 0 Å². The van der Waals surface area contributed by atoms with E-state index in [1.165, 1.54) is 5.56 Å². The van der Waals surface area contributed by atoms with Crippen LogP contribution in [0.5, 0.6) is 0 Å². The van der Waals surface area contributed by atoms with Gasteiger partial charge in [0.2, 0.25) is 0 Å². The Morgan fingerprint density at radius 1 is 0.350 bits per heavy atom. The fraction of sp³-hybridized carbons (Fsp3) is 0.342. The molecule has 2 radical (unpaired) electrons. The smallest absolute Gasteiger partial charge is 0 e. The molecule has 0 nitrogen and oxygen atoms in total.